The highest BCUT2D eigenvalue weighted by Gasteiger charge is 1.93. The van der Waals surface area contributed by atoms with E-state index in [0.29, 0.717) is 12.8 Å². The summed E-state index contributed by atoms with van der Waals surface area (Å²) in [6.45, 7) is 0. The molecule has 0 aliphatic rings. The van der Waals surface area contributed by atoms with Crippen molar-refractivity contribution in [3.63, 3.8) is 0 Å². The van der Waals surface area contributed by atoms with Gasteiger partial charge in [-0.1, -0.05) is 48.5 Å². The molecule has 0 saturated heterocycles. The molecule has 7 nitrogen and oxygen atoms in total. The first-order valence-corrected chi connectivity index (χ1v) is 7.92. The smallest absolute Gasteiger partial charge is 0.234 e. The van der Waals surface area contributed by atoms with Crippen LogP contribution in [0.25, 0.3) is 0 Å². The lowest BCUT2D eigenvalue weighted by molar-refractivity contribution is -0.108. The molecule has 0 atom stereocenters. The number of benzene rings is 2. The van der Waals surface area contributed by atoms with Gasteiger partial charge < -0.3 is 15.3 Å². The molecule has 132 valence electrons. The van der Waals surface area contributed by atoms with Crippen LogP contribution < -0.4 is 11.2 Å². The molecule has 0 unspecified atom stereocenters. The van der Waals surface area contributed by atoms with Gasteiger partial charge in [0.1, 0.15) is 12.6 Å². The lowest BCUT2D eigenvalue weighted by atomic mass is 10.1. The van der Waals surface area contributed by atoms with Gasteiger partial charge in [-0.05, 0) is 22.3 Å². The first-order valence-electron chi connectivity index (χ1n) is 7.92. The third-order valence-electron chi connectivity index (χ3n) is 3.36. The maximum Gasteiger partial charge on any atom is 0.234 e. The van der Waals surface area contributed by atoms with E-state index in [1.807, 2.05) is 48.5 Å². The Balaban J connectivity index is 1.85. The van der Waals surface area contributed by atoms with Gasteiger partial charge in [0.25, 0.3) is 0 Å². The molecule has 26 heavy (non-hydrogen) atoms. The van der Waals surface area contributed by atoms with E-state index in [1.165, 1.54) is 0 Å². The van der Waals surface area contributed by atoms with E-state index in [9.17, 15) is 9.59 Å². The van der Waals surface area contributed by atoms with Crippen molar-refractivity contribution in [2.75, 3.05) is 0 Å². The van der Waals surface area contributed by atoms with Gasteiger partial charge in [-0.2, -0.15) is 10.2 Å². The second-order valence-electron chi connectivity index (χ2n) is 5.32. The summed E-state index contributed by atoms with van der Waals surface area (Å²) >= 11 is 0. The number of aldehydes is 2. The number of guanidine groups is 1. The van der Waals surface area contributed by atoms with Gasteiger partial charge in [-0.15, -0.1) is 5.10 Å². The number of hydrogen-bond acceptors (Lipinski definition) is 5. The predicted octanol–water partition coefficient (Wildman–Crippen LogP) is 1.44. The Labute approximate surface area is 151 Å². The van der Waals surface area contributed by atoms with Crippen LogP contribution >= 0.6 is 0 Å². The van der Waals surface area contributed by atoms with Crippen LogP contribution in [0.4, 0.5) is 0 Å². The number of hydrogen-bond donors (Lipinski definition) is 2. The van der Waals surface area contributed by atoms with Crippen LogP contribution in [0.5, 0.6) is 0 Å². The number of carbonyl (C=O) groups is 2. The topological polar surface area (TPSA) is 109 Å². The van der Waals surface area contributed by atoms with Gasteiger partial charge in [0.15, 0.2) is 0 Å². The number of rotatable bonds is 8. The fourth-order valence-electron chi connectivity index (χ4n) is 2.03. The molecule has 0 aromatic heterocycles. The Kier molecular flexibility index (Phi) is 7.41. The minimum absolute atomic E-state index is 0.0488. The SMILES string of the molecule is NC(=N/N=C/c1ccc(CC=O)cc1)N/N=C/c1ccc(CC=O)cc1. The largest absolute Gasteiger partial charge is 0.367 e. The molecule has 2 rings (SSSR count). The van der Waals surface area contributed by atoms with Crippen LogP contribution in [0.1, 0.15) is 22.3 Å². The van der Waals surface area contributed by atoms with E-state index in [2.05, 4.69) is 20.7 Å². The van der Waals surface area contributed by atoms with Gasteiger partial charge in [-0.3, -0.25) is 0 Å². The predicted molar refractivity (Wildman–Crippen MR) is 102 cm³/mol. The second kappa shape index (κ2) is 10.3. The molecule has 0 amide bonds. The maximum atomic E-state index is 10.4. The van der Waals surface area contributed by atoms with Crippen molar-refractivity contribution < 1.29 is 9.59 Å². The summed E-state index contributed by atoms with van der Waals surface area (Å²) in [5.41, 5.74) is 11.8. The maximum absolute atomic E-state index is 10.4. The van der Waals surface area contributed by atoms with E-state index in [1.54, 1.807) is 12.4 Å². The normalized spacial score (nSPS) is 11.8. The van der Waals surface area contributed by atoms with E-state index < -0.39 is 0 Å². The summed E-state index contributed by atoms with van der Waals surface area (Å²) in [4.78, 5) is 20.9. The highest BCUT2D eigenvalue weighted by molar-refractivity contribution is 5.84. The van der Waals surface area contributed by atoms with Crippen LogP contribution in [0, 0.1) is 0 Å². The number of nitrogens with one attached hydrogen (secondary N) is 1. The van der Waals surface area contributed by atoms with Crippen molar-refractivity contribution in [1.29, 1.82) is 0 Å². The molecule has 2 aromatic carbocycles. The third-order valence-corrected chi connectivity index (χ3v) is 3.36. The Hall–Kier alpha value is -3.61. The fourth-order valence-corrected chi connectivity index (χ4v) is 2.03. The fraction of sp³-hybridized carbons (Fsp3) is 0.105. The van der Waals surface area contributed by atoms with Crippen molar-refractivity contribution >= 4 is 31.0 Å². The summed E-state index contributed by atoms with van der Waals surface area (Å²) < 4.78 is 0. The number of hydrazone groups is 1. The molecule has 0 saturated carbocycles. The average molecular weight is 349 g/mol. The zero-order valence-electron chi connectivity index (χ0n) is 14.1. The van der Waals surface area contributed by atoms with Crippen molar-refractivity contribution in [3.05, 3.63) is 70.8 Å². The minimum Gasteiger partial charge on any atom is -0.367 e. The second-order valence-corrected chi connectivity index (χ2v) is 5.32. The summed E-state index contributed by atoms with van der Waals surface area (Å²) in [5.74, 6) is 0.0488. The highest BCUT2D eigenvalue weighted by atomic mass is 16.1. The molecule has 0 spiro atoms. The van der Waals surface area contributed by atoms with Crippen molar-refractivity contribution in [2.24, 2.45) is 21.0 Å². The molecule has 0 aliphatic heterocycles. The Bertz CT molecular complexity index is 809. The van der Waals surface area contributed by atoms with Crippen LogP contribution in [-0.4, -0.2) is 31.0 Å². The summed E-state index contributed by atoms with van der Waals surface area (Å²) in [6.07, 6.45) is 5.65. The van der Waals surface area contributed by atoms with E-state index in [-0.39, 0.29) is 5.96 Å². The molecular weight excluding hydrogens is 330 g/mol. The Morgan fingerprint density at radius 2 is 1.35 bits per heavy atom. The van der Waals surface area contributed by atoms with Crippen molar-refractivity contribution in [1.82, 2.24) is 5.43 Å². The van der Waals surface area contributed by atoms with Gasteiger partial charge in [0.2, 0.25) is 5.96 Å². The molecule has 0 heterocycles. The molecule has 0 radical (unpaired) electrons. The van der Waals surface area contributed by atoms with Crippen LogP contribution in [0.3, 0.4) is 0 Å². The first kappa shape index (κ1) is 18.7. The van der Waals surface area contributed by atoms with E-state index in [4.69, 9.17) is 5.73 Å². The van der Waals surface area contributed by atoms with Gasteiger partial charge in [0, 0.05) is 12.8 Å². The van der Waals surface area contributed by atoms with Crippen molar-refractivity contribution in [3.8, 4) is 0 Å². The first-order chi connectivity index (χ1) is 12.7. The molecule has 7 heteroatoms. The van der Waals surface area contributed by atoms with E-state index in [0.717, 1.165) is 34.8 Å². The summed E-state index contributed by atoms with van der Waals surface area (Å²) in [6, 6.07) is 14.8. The molecule has 2 aromatic rings. The van der Waals surface area contributed by atoms with Gasteiger partial charge in [0.05, 0.1) is 12.4 Å². The average Bonchev–Trinajstić information content (AvgIpc) is 2.65. The zero-order chi connectivity index (χ0) is 18.6. The number of nitrogens with two attached hydrogens (primary N) is 1. The van der Waals surface area contributed by atoms with E-state index >= 15 is 0 Å². The minimum atomic E-state index is 0.0488. The van der Waals surface area contributed by atoms with Gasteiger partial charge in [-0.25, -0.2) is 5.43 Å². The third kappa shape index (κ3) is 6.48. The standard InChI is InChI=1S/C19H19N5O2/c20-19(23-21-13-17-5-1-15(2-6-17)9-11-25)24-22-14-18-7-3-16(4-8-18)10-12-26/h1-8,11-14H,9-10H2,(H3,20,23,24)/b21-13+,22-14+. The Morgan fingerprint density at radius 1 is 0.846 bits per heavy atom. The lowest BCUT2D eigenvalue weighted by Gasteiger charge is -1.98. The molecule has 3 N–H and O–H groups in total. The molecule has 0 aliphatic carbocycles. The molecule has 0 fully saturated rings. The number of carbonyl (C=O) groups excluding carboxylic acids is 2. The van der Waals surface area contributed by atoms with Gasteiger partial charge >= 0.3 is 0 Å². The summed E-state index contributed by atoms with van der Waals surface area (Å²) in [5, 5.41) is 11.6. The summed E-state index contributed by atoms with van der Waals surface area (Å²) in [7, 11) is 0. The quantitative estimate of drug-likeness (QED) is 0.325. The van der Waals surface area contributed by atoms with Crippen LogP contribution in [0.2, 0.25) is 0 Å². The monoisotopic (exact) mass is 349 g/mol. The van der Waals surface area contributed by atoms with Crippen LogP contribution in [-0.2, 0) is 22.4 Å². The Morgan fingerprint density at radius 3 is 1.85 bits per heavy atom. The zero-order valence-corrected chi connectivity index (χ0v) is 14.1. The number of nitrogens with zero attached hydrogens (tertiary/aromatic N) is 3. The molecular formula is C19H19N5O2. The lowest BCUT2D eigenvalue weighted by Crippen LogP contribution is -2.26. The highest BCUT2D eigenvalue weighted by Crippen LogP contribution is 2.03. The van der Waals surface area contributed by atoms with Crippen molar-refractivity contribution in [2.45, 2.75) is 12.8 Å². The van der Waals surface area contributed by atoms with Crippen LogP contribution in [0.15, 0.2) is 63.8 Å². The molecule has 0 bridgehead atoms.